The summed E-state index contributed by atoms with van der Waals surface area (Å²) < 4.78 is 35.8. The van der Waals surface area contributed by atoms with E-state index in [-0.39, 0.29) is 208 Å². The molecule has 0 aromatic heterocycles. The molecule has 0 aliphatic heterocycles. The molecule has 0 radical (unpaired) electrons. The Balaban J connectivity index is -0.000000325. The van der Waals surface area contributed by atoms with Crippen LogP contribution in [-0.2, 0) is 57.2 Å². The van der Waals surface area contributed by atoms with Gasteiger partial charge in [-0.05, 0) is 414 Å². The van der Waals surface area contributed by atoms with Crippen LogP contribution in [-0.4, -0.2) is 69.4 Å². The van der Waals surface area contributed by atoms with E-state index in [1.54, 1.807) is 0 Å². The summed E-state index contributed by atoms with van der Waals surface area (Å²) in [6.07, 6.45) is 48.5. The van der Waals surface area contributed by atoms with Gasteiger partial charge in [0.25, 0.3) is 0 Å². The molecule has 0 amide bonds. The van der Waals surface area contributed by atoms with Gasteiger partial charge in [0.1, 0.15) is 33.6 Å². The first kappa shape index (κ1) is 129. The average molecular weight is 1720 g/mol. The van der Waals surface area contributed by atoms with E-state index in [0.29, 0.717) is 0 Å². The standard InChI is InChI=1S/C21H36O2.C20H34O2.C19H32O2.C13H24O2.2C12H22O2.12CH4/c1-6-19(4,5)18(22)23-21(7-2,8-3)20-12-15-9-16(13-20)11-17(10-15)14-20;1-6-18(3,4)17(21)22-19(5,7-2)20-11-14-8-15(12-20)10-16(9-14)13-20;1-6-17(2,3)16(20)21-18(4,5)19-10-13-7-14(11-19)9-15(8-13)12-19;1-5-12(2,3)11(14)15-13(4)9-7-6-8-10-13;1-5-11(2,3)10(13)14-12(4)8-6-7-9-12;1-4-10(2)11(13)14-12(3)8-6-5-7-9-12;;;;;;;;;;;;/h15-17H,6-14H2,1-5H3;14-16H,6-13H2,1-5H3;13-15H,6-12H2,1-5H3;5-10H2,1-4H3;5-9H2,1-4H3;10H,4-9H2,1-3H3;12*1H4. The van der Waals surface area contributed by atoms with E-state index in [1.165, 1.54) is 167 Å². The third-order valence-electron chi connectivity index (χ3n) is 33.0. The van der Waals surface area contributed by atoms with Crippen LogP contribution >= 0.6 is 0 Å². The number of carbonyl (C=O) groups is 6. The normalized spacial score (nSPS) is 28.5. The highest BCUT2D eigenvalue weighted by atomic mass is 16.6. The minimum Gasteiger partial charge on any atom is -0.459 e. The van der Waals surface area contributed by atoms with Crippen molar-refractivity contribution in [1.82, 2.24) is 0 Å². The molecule has 2 unspecified atom stereocenters. The second-order valence-corrected chi connectivity index (χ2v) is 43.9. The van der Waals surface area contributed by atoms with Crippen molar-refractivity contribution in [1.29, 1.82) is 0 Å². The largest absolute Gasteiger partial charge is 0.459 e. The highest BCUT2D eigenvalue weighted by molar-refractivity contribution is 5.78. The quantitative estimate of drug-likeness (QED) is 0.0666. The van der Waals surface area contributed by atoms with Gasteiger partial charge >= 0.3 is 35.8 Å². The molecule has 15 rings (SSSR count). The number of hydrogen-bond donors (Lipinski definition) is 0. The molecular weight excluding hydrogens is 1500 g/mol. The molecule has 2 atom stereocenters. The molecule has 0 saturated heterocycles. The van der Waals surface area contributed by atoms with E-state index in [2.05, 4.69) is 83.1 Å². The van der Waals surface area contributed by atoms with Crippen LogP contribution in [0.15, 0.2) is 0 Å². The maximum Gasteiger partial charge on any atom is 0.312 e. The van der Waals surface area contributed by atoms with Crippen LogP contribution in [0.3, 0.4) is 0 Å². The zero-order valence-corrected chi connectivity index (χ0v) is 75.7. The predicted molar refractivity (Wildman–Crippen MR) is 525 cm³/mol. The van der Waals surface area contributed by atoms with Crippen molar-refractivity contribution >= 4 is 35.8 Å². The fraction of sp³-hybridized carbons (Fsp3) is 0.945. The molecule has 121 heavy (non-hydrogen) atoms. The van der Waals surface area contributed by atoms with Gasteiger partial charge in [-0.2, -0.15) is 0 Å². The fourth-order valence-electron chi connectivity index (χ4n) is 23.2. The highest BCUT2D eigenvalue weighted by Crippen LogP contribution is 2.68. The van der Waals surface area contributed by atoms with Crippen LogP contribution in [0.25, 0.3) is 0 Å². The summed E-state index contributed by atoms with van der Waals surface area (Å²) in [6, 6.07) is 0. The van der Waals surface area contributed by atoms with E-state index in [9.17, 15) is 28.8 Å². The molecule has 0 aromatic rings. The average Bonchev–Trinajstić information content (AvgIpc) is 0.828. The molecule has 0 heterocycles. The monoisotopic (exact) mass is 1720 g/mol. The molecule has 0 spiro atoms. The fourth-order valence-corrected chi connectivity index (χ4v) is 23.2. The number of ether oxygens (including phenoxy) is 6. The summed E-state index contributed by atoms with van der Waals surface area (Å²) in [6.45, 7) is 53.7. The van der Waals surface area contributed by atoms with Crippen molar-refractivity contribution < 1.29 is 57.2 Å². The second kappa shape index (κ2) is 50.7. The SMILES string of the molecule is C.C.C.C.C.C.C.C.C.C.C.C.CCC(C)(C)C(=O)OC(C)(C)C12CC3CC(CC(C3)C1)C2.CCC(C)(C)C(=O)OC(C)(CC)C12CC3CC(CC(C3)C1)C2.CCC(C)(C)C(=O)OC(CC)(CC)C12CC3CC(CC(C3)C1)C2.CCC(C)(C)C(=O)OC1(C)CCCC1.CCC(C)(C)C(=O)OC1(C)CCCCC1.CCC(C)C(=O)OC1(C)CCCCC1. The van der Waals surface area contributed by atoms with Crippen molar-refractivity contribution in [2.75, 3.05) is 0 Å². The number of carbonyl (C=O) groups excluding carboxylic acids is 6. The molecule has 12 heteroatoms. The third kappa shape index (κ3) is 30.7. The van der Waals surface area contributed by atoms with Crippen LogP contribution in [0.5, 0.6) is 0 Å². The minimum absolute atomic E-state index is 0. The molecule has 15 saturated carbocycles. The van der Waals surface area contributed by atoms with Crippen LogP contribution < -0.4 is 0 Å². The van der Waals surface area contributed by atoms with Gasteiger partial charge in [0.05, 0.1) is 33.0 Å². The lowest BCUT2D eigenvalue weighted by atomic mass is 9.44. The van der Waals surface area contributed by atoms with E-state index in [1.807, 2.05) is 96.9 Å². The van der Waals surface area contributed by atoms with Crippen molar-refractivity contribution in [3.05, 3.63) is 0 Å². The Morgan fingerprint density at radius 1 is 0.281 bits per heavy atom. The summed E-state index contributed by atoms with van der Waals surface area (Å²) in [5.41, 5.74) is -2.32. The first-order valence-corrected chi connectivity index (χ1v) is 46.0. The smallest absolute Gasteiger partial charge is 0.312 e. The Hall–Kier alpha value is -3.18. The summed E-state index contributed by atoms with van der Waals surface area (Å²) in [5.74, 6) is 8.07. The van der Waals surface area contributed by atoms with Crippen LogP contribution in [0.4, 0.5) is 0 Å². The molecule has 12 bridgehead atoms. The number of rotatable bonds is 24. The summed E-state index contributed by atoms with van der Waals surface area (Å²) in [4.78, 5) is 73.6. The molecule has 12 nitrogen and oxygen atoms in total. The summed E-state index contributed by atoms with van der Waals surface area (Å²) >= 11 is 0. The zero-order chi connectivity index (χ0) is 81.5. The topological polar surface area (TPSA) is 158 Å². The van der Waals surface area contributed by atoms with Gasteiger partial charge in [0.2, 0.25) is 0 Å². The van der Waals surface area contributed by atoms with Gasteiger partial charge in [0.15, 0.2) is 0 Å². The lowest BCUT2D eigenvalue weighted by molar-refractivity contribution is -0.219. The van der Waals surface area contributed by atoms with Crippen LogP contribution in [0.1, 0.15) is 532 Å². The maximum atomic E-state index is 12.9. The Morgan fingerprint density at radius 3 is 0.752 bits per heavy atom. The maximum absolute atomic E-state index is 12.9. The van der Waals surface area contributed by atoms with Gasteiger partial charge < -0.3 is 28.4 Å². The Labute approximate surface area is 757 Å². The van der Waals surface area contributed by atoms with Crippen molar-refractivity contribution in [3.8, 4) is 0 Å². The van der Waals surface area contributed by atoms with Gasteiger partial charge in [0, 0.05) is 16.2 Å². The first-order valence-electron chi connectivity index (χ1n) is 46.0. The van der Waals surface area contributed by atoms with Gasteiger partial charge in [-0.1, -0.05) is 171 Å². The molecule has 15 aliphatic carbocycles. The Kier molecular flexibility index (Phi) is 53.9. The van der Waals surface area contributed by atoms with Crippen LogP contribution in [0, 0.1) is 102 Å². The lowest BCUT2D eigenvalue weighted by Crippen LogP contribution is -2.60. The molecule has 15 aliphatic rings. The summed E-state index contributed by atoms with van der Waals surface area (Å²) in [5, 5.41) is 0. The Bertz CT molecular complexity index is 2860. The zero-order valence-electron chi connectivity index (χ0n) is 75.7. The highest BCUT2D eigenvalue weighted by Gasteiger charge is 2.64. The second-order valence-electron chi connectivity index (χ2n) is 43.9. The number of esters is 6. The molecule has 0 aromatic carbocycles. The number of hydrogen-bond acceptors (Lipinski definition) is 12. The van der Waals surface area contributed by atoms with E-state index < -0.39 is 0 Å². The van der Waals surface area contributed by atoms with Crippen molar-refractivity contribution in [2.24, 2.45) is 102 Å². The van der Waals surface area contributed by atoms with Crippen LogP contribution in [0.2, 0.25) is 0 Å². The third-order valence-corrected chi connectivity index (χ3v) is 33.0. The van der Waals surface area contributed by atoms with Gasteiger partial charge in [-0.15, -0.1) is 0 Å². The van der Waals surface area contributed by atoms with Crippen molar-refractivity contribution in [2.45, 2.75) is 566 Å². The van der Waals surface area contributed by atoms with E-state index >= 15 is 0 Å². The molecular formula is C109H218O12. The van der Waals surface area contributed by atoms with E-state index in [0.717, 1.165) is 150 Å². The van der Waals surface area contributed by atoms with Crippen molar-refractivity contribution in [3.63, 3.8) is 0 Å². The van der Waals surface area contributed by atoms with Gasteiger partial charge in [-0.25, -0.2) is 0 Å². The molecule has 15 fully saturated rings. The molecule has 726 valence electrons. The lowest BCUT2D eigenvalue weighted by Gasteiger charge is -2.63. The molecule has 0 N–H and O–H groups in total. The predicted octanol–water partition coefficient (Wildman–Crippen LogP) is 34.0. The van der Waals surface area contributed by atoms with E-state index in [4.69, 9.17) is 28.4 Å². The first-order chi connectivity index (χ1) is 50.6. The van der Waals surface area contributed by atoms with Gasteiger partial charge in [-0.3, -0.25) is 28.8 Å². The minimum atomic E-state index is -0.363. The Morgan fingerprint density at radius 2 is 0.504 bits per heavy atom. The summed E-state index contributed by atoms with van der Waals surface area (Å²) in [7, 11) is 0.